The number of anilines is 2. The van der Waals surface area contributed by atoms with Crippen LogP contribution >= 0.6 is 0 Å². The van der Waals surface area contributed by atoms with E-state index in [1.807, 2.05) is 0 Å². The standard InChI is InChI=1S/C18H22FN5O2/c1-18(2-3-24(9-18)11-7-26-8-11)13(6-20)17-22-14-5-10(19)4-12(16(21)25)15(14)23-17/h4-6,11,20,22-23H,2-3,7-9H2,1H3,(H2,21,25)/b17-13+,20-6?. The van der Waals surface area contributed by atoms with Gasteiger partial charge in [0.05, 0.1) is 36.2 Å². The minimum Gasteiger partial charge on any atom is -0.378 e. The van der Waals surface area contributed by atoms with Crippen LogP contribution in [-0.2, 0) is 4.74 Å². The van der Waals surface area contributed by atoms with Crippen LogP contribution in [0.15, 0.2) is 23.5 Å². The van der Waals surface area contributed by atoms with E-state index in [0.717, 1.165) is 44.4 Å². The van der Waals surface area contributed by atoms with Gasteiger partial charge < -0.3 is 26.5 Å². The Hall–Kier alpha value is -2.45. The fraction of sp³-hybridized carbons (Fsp3) is 0.444. The van der Waals surface area contributed by atoms with Gasteiger partial charge in [0.15, 0.2) is 0 Å². The van der Waals surface area contributed by atoms with Gasteiger partial charge in [0.2, 0.25) is 0 Å². The molecule has 1 aromatic rings. The van der Waals surface area contributed by atoms with Crippen molar-refractivity contribution in [3.63, 3.8) is 0 Å². The van der Waals surface area contributed by atoms with E-state index in [1.165, 1.54) is 12.3 Å². The van der Waals surface area contributed by atoms with E-state index in [4.69, 9.17) is 15.9 Å². The lowest BCUT2D eigenvalue weighted by molar-refractivity contribution is -0.0590. The molecule has 4 rings (SSSR count). The van der Waals surface area contributed by atoms with E-state index in [1.54, 1.807) is 0 Å². The normalized spacial score (nSPS) is 27.3. The van der Waals surface area contributed by atoms with Gasteiger partial charge in [-0.05, 0) is 25.1 Å². The van der Waals surface area contributed by atoms with Crippen LogP contribution in [0.4, 0.5) is 15.8 Å². The lowest BCUT2D eigenvalue weighted by Crippen LogP contribution is -2.48. The Bertz CT molecular complexity index is 820. The molecule has 1 atom stereocenters. The molecule has 138 valence electrons. The first kappa shape index (κ1) is 17.0. The zero-order chi connectivity index (χ0) is 18.5. The molecule has 2 saturated heterocycles. The van der Waals surface area contributed by atoms with Crippen molar-refractivity contribution in [2.75, 3.05) is 36.9 Å². The predicted octanol–water partition coefficient (Wildman–Crippen LogP) is 1.73. The molecule has 26 heavy (non-hydrogen) atoms. The fourth-order valence-electron chi connectivity index (χ4n) is 3.97. The van der Waals surface area contributed by atoms with Gasteiger partial charge in [-0.15, -0.1) is 0 Å². The molecule has 0 spiro atoms. The molecule has 3 aliphatic heterocycles. The second-order valence-corrected chi connectivity index (χ2v) is 7.40. The maximum atomic E-state index is 13.8. The smallest absolute Gasteiger partial charge is 0.250 e. The summed E-state index contributed by atoms with van der Waals surface area (Å²) in [6.07, 6.45) is 2.25. The highest BCUT2D eigenvalue weighted by Crippen LogP contribution is 2.43. The lowest BCUT2D eigenvalue weighted by Gasteiger charge is -2.36. The third kappa shape index (κ3) is 2.65. The number of nitrogens with one attached hydrogen (secondary N) is 3. The van der Waals surface area contributed by atoms with Crippen molar-refractivity contribution < 1.29 is 13.9 Å². The van der Waals surface area contributed by atoms with E-state index in [-0.39, 0.29) is 11.0 Å². The van der Waals surface area contributed by atoms with Crippen LogP contribution in [0.1, 0.15) is 23.7 Å². The number of nitrogens with zero attached hydrogens (tertiary/aromatic N) is 1. The molecule has 0 aromatic heterocycles. The first-order valence-electron chi connectivity index (χ1n) is 8.66. The number of amides is 1. The molecule has 3 aliphatic rings. The van der Waals surface area contributed by atoms with Crippen molar-refractivity contribution in [1.82, 2.24) is 4.90 Å². The van der Waals surface area contributed by atoms with Crippen LogP contribution in [0.5, 0.6) is 0 Å². The number of benzene rings is 1. The maximum Gasteiger partial charge on any atom is 0.250 e. The largest absolute Gasteiger partial charge is 0.378 e. The number of carbonyl (C=O) groups excluding carboxylic acids is 1. The first-order valence-corrected chi connectivity index (χ1v) is 8.66. The van der Waals surface area contributed by atoms with Gasteiger partial charge in [0.25, 0.3) is 5.91 Å². The molecule has 8 heteroatoms. The number of fused-ring (bicyclic) bond motifs is 1. The van der Waals surface area contributed by atoms with Gasteiger partial charge in [-0.1, -0.05) is 6.92 Å². The van der Waals surface area contributed by atoms with Crippen molar-refractivity contribution >= 4 is 23.5 Å². The van der Waals surface area contributed by atoms with Gasteiger partial charge in [0, 0.05) is 23.7 Å². The van der Waals surface area contributed by atoms with E-state index in [2.05, 4.69) is 22.5 Å². The third-order valence-electron chi connectivity index (χ3n) is 5.58. The van der Waals surface area contributed by atoms with Crippen LogP contribution in [0.25, 0.3) is 0 Å². The van der Waals surface area contributed by atoms with Crippen molar-refractivity contribution in [2.45, 2.75) is 19.4 Å². The molecule has 0 saturated carbocycles. The number of ether oxygens (including phenoxy) is 1. The number of hydrogen-bond acceptors (Lipinski definition) is 6. The van der Waals surface area contributed by atoms with Crippen molar-refractivity contribution in [2.24, 2.45) is 11.1 Å². The summed E-state index contributed by atoms with van der Waals surface area (Å²) in [6.45, 7) is 5.42. The number of primary amides is 1. The number of nitrogens with two attached hydrogens (primary N) is 1. The quantitative estimate of drug-likeness (QED) is 0.613. The highest BCUT2D eigenvalue weighted by Gasteiger charge is 2.42. The van der Waals surface area contributed by atoms with Crippen LogP contribution in [0, 0.1) is 16.6 Å². The highest BCUT2D eigenvalue weighted by molar-refractivity contribution is 6.04. The van der Waals surface area contributed by atoms with E-state index in [0.29, 0.717) is 23.2 Å². The molecule has 0 aliphatic carbocycles. The molecule has 2 fully saturated rings. The fourth-order valence-corrected chi connectivity index (χ4v) is 3.97. The minimum absolute atomic E-state index is 0.0941. The Morgan fingerprint density at radius 2 is 2.23 bits per heavy atom. The van der Waals surface area contributed by atoms with Crippen LogP contribution in [0.2, 0.25) is 0 Å². The Morgan fingerprint density at radius 1 is 1.46 bits per heavy atom. The zero-order valence-corrected chi connectivity index (χ0v) is 14.6. The zero-order valence-electron chi connectivity index (χ0n) is 14.6. The minimum atomic E-state index is -0.698. The third-order valence-corrected chi connectivity index (χ3v) is 5.58. The van der Waals surface area contributed by atoms with Crippen LogP contribution < -0.4 is 16.4 Å². The van der Waals surface area contributed by atoms with Crippen LogP contribution in [0.3, 0.4) is 0 Å². The predicted molar refractivity (Wildman–Crippen MR) is 96.9 cm³/mol. The number of likely N-dealkylation sites (tertiary alicyclic amines) is 1. The second-order valence-electron chi connectivity index (χ2n) is 7.40. The molecule has 1 amide bonds. The summed E-state index contributed by atoms with van der Waals surface area (Å²) in [5.74, 6) is -0.624. The number of halogens is 1. The molecule has 1 unspecified atom stereocenters. The van der Waals surface area contributed by atoms with Crippen molar-refractivity contribution in [3.8, 4) is 0 Å². The number of carbonyl (C=O) groups is 1. The SMILES string of the molecule is CC1(/C(C=N)=C2\Nc3cc(F)cc(C(N)=O)c3N2)CCN(C2COC2)C1. The molecular formula is C18H22FN5O2. The Morgan fingerprint density at radius 3 is 2.85 bits per heavy atom. The van der Waals surface area contributed by atoms with E-state index < -0.39 is 11.7 Å². The second kappa shape index (κ2) is 6.07. The molecule has 7 nitrogen and oxygen atoms in total. The summed E-state index contributed by atoms with van der Waals surface area (Å²) in [6, 6.07) is 2.89. The molecule has 5 N–H and O–H groups in total. The van der Waals surface area contributed by atoms with Gasteiger partial charge in [-0.25, -0.2) is 4.39 Å². The number of hydrogen-bond donors (Lipinski definition) is 4. The van der Waals surface area contributed by atoms with Crippen LogP contribution in [-0.4, -0.2) is 49.4 Å². The summed E-state index contributed by atoms with van der Waals surface area (Å²) in [5, 5.41) is 14.2. The summed E-state index contributed by atoms with van der Waals surface area (Å²) < 4.78 is 19.1. The summed E-state index contributed by atoms with van der Waals surface area (Å²) in [4.78, 5) is 14.0. The van der Waals surface area contributed by atoms with Gasteiger partial charge in [-0.3, -0.25) is 9.69 Å². The number of rotatable bonds is 4. The van der Waals surface area contributed by atoms with Crippen molar-refractivity contribution in [1.29, 1.82) is 5.41 Å². The molecule has 0 radical (unpaired) electrons. The average Bonchev–Trinajstić information content (AvgIpc) is 3.10. The monoisotopic (exact) mass is 359 g/mol. The topological polar surface area (TPSA) is 103 Å². The molecule has 0 bridgehead atoms. The van der Waals surface area contributed by atoms with Crippen molar-refractivity contribution in [3.05, 3.63) is 34.9 Å². The lowest BCUT2D eigenvalue weighted by atomic mass is 9.81. The van der Waals surface area contributed by atoms with Gasteiger partial charge >= 0.3 is 0 Å². The first-order chi connectivity index (χ1) is 12.4. The molecular weight excluding hydrogens is 337 g/mol. The summed E-state index contributed by atoms with van der Waals surface area (Å²) in [5.41, 5.74) is 6.96. The Balaban J connectivity index is 1.66. The highest BCUT2D eigenvalue weighted by atomic mass is 19.1. The average molecular weight is 359 g/mol. The van der Waals surface area contributed by atoms with Gasteiger partial charge in [0.1, 0.15) is 11.6 Å². The molecule has 3 heterocycles. The maximum absolute atomic E-state index is 13.8. The summed E-state index contributed by atoms with van der Waals surface area (Å²) in [7, 11) is 0. The Kier molecular flexibility index (Phi) is 3.96. The van der Waals surface area contributed by atoms with E-state index in [9.17, 15) is 9.18 Å². The Labute approximate surface area is 150 Å². The van der Waals surface area contributed by atoms with Gasteiger partial charge in [-0.2, -0.15) is 0 Å². The summed E-state index contributed by atoms with van der Waals surface area (Å²) >= 11 is 0. The molecule has 1 aromatic carbocycles. The van der Waals surface area contributed by atoms with E-state index >= 15 is 0 Å².